The number of hydrogen-bond acceptors (Lipinski definition) is 7. The summed E-state index contributed by atoms with van der Waals surface area (Å²) in [7, 11) is 1.60. The Morgan fingerprint density at radius 2 is 2.32 bits per heavy atom. The molecule has 1 aliphatic heterocycles. The molecule has 0 spiro atoms. The highest BCUT2D eigenvalue weighted by Gasteiger charge is 2.17. The first-order chi connectivity index (χ1) is 15.1. The van der Waals surface area contributed by atoms with Gasteiger partial charge in [0.15, 0.2) is 22.1 Å². The van der Waals surface area contributed by atoms with Gasteiger partial charge in [-0.15, -0.1) is 11.3 Å². The van der Waals surface area contributed by atoms with Gasteiger partial charge in [0.2, 0.25) is 5.91 Å². The predicted octanol–water partition coefficient (Wildman–Crippen LogP) is 3.55. The van der Waals surface area contributed by atoms with Gasteiger partial charge in [0.1, 0.15) is 13.2 Å². The largest absolute Gasteiger partial charge is 0.493 e. The standard InChI is InChI=1S/C21H24N4O4S2/c1-27-17-10-14(6-7-16(17)29-13-15-4-2-8-28-15)11-22-19(26)12-25-20(23-24-21(25)30)18-5-3-9-31-18/h3,5-7,9-10,15H,2,4,8,11-13H2,1H3,(H,22,26)(H,24,30). The Kier molecular flexibility index (Phi) is 7.00. The molecular weight excluding hydrogens is 436 g/mol. The van der Waals surface area contributed by atoms with Crippen LogP contribution in [0.1, 0.15) is 18.4 Å². The van der Waals surface area contributed by atoms with Crippen molar-refractivity contribution in [3.05, 3.63) is 46.0 Å². The van der Waals surface area contributed by atoms with Crippen molar-refractivity contribution < 1.29 is 19.0 Å². The fourth-order valence-corrected chi connectivity index (χ4v) is 4.28. The van der Waals surface area contributed by atoms with Gasteiger partial charge in [-0.05, 0) is 54.2 Å². The van der Waals surface area contributed by atoms with Crippen LogP contribution in [-0.4, -0.2) is 47.1 Å². The van der Waals surface area contributed by atoms with Crippen molar-refractivity contribution in [3.8, 4) is 22.2 Å². The Morgan fingerprint density at radius 3 is 3.06 bits per heavy atom. The summed E-state index contributed by atoms with van der Waals surface area (Å²) >= 11 is 6.83. The Morgan fingerprint density at radius 1 is 1.42 bits per heavy atom. The molecule has 3 aromatic rings. The van der Waals surface area contributed by atoms with Gasteiger partial charge < -0.3 is 19.5 Å². The summed E-state index contributed by atoms with van der Waals surface area (Å²) in [5.74, 6) is 1.79. The molecule has 0 saturated carbocycles. The van der Waals surface area contributed by atoms with Crippen molar-refractivity contribution in [2.45, 2.75) is 32.0 Å². The lowest BCUT2D eigenvalue weighted by molar-refractivity contribution is -0.121. The number of carbonyl (C=O) groups excluding carboxylic acids is 1. The maximum atomic E-state index is 12.5. The molecule has 10 heteroatoms. The number of nitrogens with one attached hydrogen (secondary N) is 2. The molecule has 0 aliphatic carbocycles. The second kappa shape index (κ2) is 10.1. The van der Waals surface area contributed by atoms with Gasteiger partial charge in [-0.3, -0.25) is 14.5 Å². The second-order valence-corrected chi connectivity index (χ2v) is 8.46. The fraction of sp³-hybridized carbons (Fsp3) is 0.381. The average Bonchev–Trinajstić information content (AvgIpc) is 3.54. The Bertz CT molecular complexity index is 1070. The molecule has 1 aromatic carbocycles. The van der Waals surface area contributed by atoms with E-state index < -0.39 is 0 Å². The van der Waals surface area contributed by atoms with Crippen LogP contribution in [0.4, 0.5) is 0 Å². The number of H-pyrrole nitrogens is 1. The van der Waals surface area contributed by atoms with E-state index in [0.29, 0.717) is 35.2 Å². The minimum Gasteiger partial charge on any atom is -0.493 e. The van der Waals surface area contributed by atoms with Gasteiger partial charge in [-0.25, -0.2) is 0 Å². The van der Waals surface area contributed by atoms with Gasteiger partial charge in [-0.2, -0.15) is 5.10 Å². The van der Waals surface area contributed by atoms with Crippen LogP contribution >= 0.6 is 23.6 Å². The van der Waals surface area contributed by atoms with E-state index in [1.54, 1.807) is 23.0 Å². The summed E-state index contributed by atoms with van der Waals surface area (Å²) in [6.45, 7) is 1.75. The Labute approximate surface area is 189 Å². The quantitative estimate of drug-likeness (QED) is 0.475. The van der Waals surface area contributed by atoms with Crippen LogP contribution in [0, 0.1) is 4.77 Å². The normalized spacial score (nSPS) is 15.7. The Balaban J connectivity index is 1.35. The number of hydrogen-bond donors (Lipinski definition) is 2. The monoisotopic (exact) mass is 460 g/mol. The van der Waals surface area contributed by atoms with Gasteiger partial charge in [0.05, 0.1) is 18.1 Å². The van der Waals surface area contributed by atoms with Gasteiger partial charge in [-0.1, -0.05) is 12.1 Å². The zero-order valence-electron chi connectivity index (χ0n) is 17.1. The van der Waals surface area contributed by atoms with E-state index in [9.17, 15) is 4.79 Å². The molecule has 8 nitrogen and oxygen atoms in total. The first-order valence-electron chi connectivity index (χ1n) is 10.0. The number of amides is 1. The van der Waals surface area contributed by atoms with Crippen molar-refractivity contribution >= 4 is 29.5 Å². The molecule has 164 valence electrons. The van der Waals surface area contributed by atoms with Crippen molar-refractivity contribution in [2.75, 3.05) is 20.3 Å². The van der Waals surface area contributed by atoms with Crippen molar-refractivity contribution in [1.29, 1.82) is 0 Å². The van der Waals surface area contributed by atoms with E-state index in [2.05, 4.69) is 15.5 Å². The molecule has 1 aliphatic rings. The molecular formula is C21H24N4O4S2. The fourth-order valence-electron chi connectivity index (χ4n) is 3.36. The maximum absolute atomic E-state index is 12.5. The van der Waals surface area contributed by atoms with Crippen LogP contribution in [-0.2, 0) is 22.6 Å². The molecule has 1 amide bonds. The molecule has 4 rings (SSSR count). The number of nitrogens with zero attached hydrogens (tertiary/aromatic N) is 2. The zero-order valence-corrected chi connectivity index (χ0v) is 18.8. The van der Waals surface area contributed by atoms with Crippen LogP contribution in [0.2, 0.25) is 0 Å². The van der Waals surface area contributed by atoms with Gasteiger partial charge in [0.25, 0.3) is 0 Å². The third-order valence-corrected chi connectivity index (χ3v) is 6.15. The average molecular weight is 461 g/mol. The van der Waals surface area contributed by atoms with Crippen LogP contribution in [0.5, 0.6) is 11.5 Å². The molecule has 31 heavy (non-hydrogen) atoms. The maximum Gasteiger partial charge on any atom is 0.240 e. The number of ether oxygens (including phenoxy) is 3. The van der Waals surface area contributed by atoms with E-state index in [1.165, 1.54) is 0 Å². The highest BCUT2D eigenvalue weighted by Crippen LogP contribution is 2.29. The molecule has 1 saturated heterocycles. The smallest absolute Gasteiger partial charge is 0.240 e. The number of thiophene rings is 1. The minimum atomic E-state index is -0.159. The molecule has 1 atom stereocenters. The summed E-state index contributed by atoms with van der Waals surface area (Å²) in [5.41, 5.74) is 0.906. The van der Waals surface area contributed by atoms with Crippen LogP contribution in [0.25, 0.3) is 10.7 Å². The lowest BCUT2D eigenvalue weighted by Gasteiger charge is -2.15. The van der Waals surface area contributed by atoms with Crippen LogP contribution in [0.15, 0.2) is 35.7 Å². The van der Waals surface area contributed by atoms with Crippen LogP contribution in [0.3, 0.4) is 0 Å². The molecule has 0 radical (unpaired) electrons. The summed E-state index contributed by atoms with van der Waals surface area (Å²) in [6.07, 6.45) is 2.22. The number of aromatic amines is 1. The van der Waals surface area contributed by atoms with Crippen molar-refractivity contribution in [2.24, 2.45) is 0 Å². The zero-order chi connectivity index (χ0) is 21.6. The number of carbonyl (C=O) groups is 1. The predicted molar refractivity (Wildman–Crippen MR) is 120 cm³/mol. The second-order valence-electron chi connectivity index (χ2n) is 7.12. The SMILES string of the molecule is COc1cc(CNC(=O)Cn2c(-c3cccs3)n[nH]c2=S)ccc1OCC1CCCO1. The van der Waals surface area contributed by atoms with E-state index in [1.807, 2.05) is 35.7 Å². The first-order valence-corrected chi connectivity index (χ1v) is 11.3. The molecule has 2 aromatic heterocycles. The lowest BCUT2D eigenvalue weighted by atomic mass is 10.2. The van der Waals surface area contributed by atoms with Gasteiger partial charge >= 0.3 is 0 Å². The summed E-state index contributed by atoms with van der Waals surface area (Å²) in [4.78, 5) is 13.5. The van der Waals surface area contributed by atoms with E-state index in [-0.39, 0.29) is 18.6 Å². The first kappa shape index (κ1) is 21.5. The highest BCUT2D eigenvalue weighted by molar-refractivity contribution is 7.71. The topological polar surface area (TPSA) is 90.4 Å². The van der Waals surface area contributed by atoms with E-state index in [4.69, 9.17) is 26.4 Å². The number of rotatable bonds is 9. The van der Waals surface area contributed by atoms with E-state index >= 15 is 0 Å². The molecule has 3 heterocycles. The Hall–Kier alpha value is -2.69. The lowest BCUT2D eigenvalue weighted by Crippen LogP contribution is -2.27. The third-order valence-electron chi connectivity index (χ3n) is 4.97. The molecule has 2 N–H and O–H groups in total. The number of benzene rings is 1. The van der Waals surface area contributed by atoms with E-state index in [0.717, 1.165) is 29.9 Å². The van der Waals surface area contributed by atoms with Crippen molar-refractivity contribution in [1.82, 2.24) is 20.1 Å². The minimum absolute atomic E-state index is 0.0856. The number of methoxy groups -OCH3 is 1. The van der Waals surface area contributed by atoms with Gasteiger partial charge in [0, 0.05) is 13.2 Å². The molecule has 1 fully saturated rings. The molecule has 0 bridgehead atoms. The third kappa shape index (κ3) is 5.33. The summed E-state index contributed by atoms with van der Waals surface area (Å²) in [6, 6.07) is 9.51. The summed E-state index contributed by atoms with van der Waals surface area (Å²) < 4.78 is 19.0. The number of aromatic nitrogens is 3. The van der Waals surface area contributed by atoms with Crippen molar-refractivity contribution in [3.63, 3.8) is 0 Å². The highest BCUT2D eigenvalue weighted by atomic mass is 32.1. The van der Waals surface area contributed by atoms with Crippen LogP contribution < -0.4 is 14.8 Å². The molecule has 1 unspecified atom stereocenters. The summed E-state index contributed by atoms with van der Waals surface area (Å²) in [5, 5.41) is 11.9.